The van der Waals surface area contributed by atoms with Crippen LogP contribution >= 0.6 is 0 Å². The Morgan fingerprint density at radius 1 is 1.09 bits per heavy atom. The zero-order valence-corrected chi connectivity index (χ0v) is 13.0. The summed E-state index contributed by atoms with van der Waals surface area (Å²) in [5.41, 5.74) is 3.19. The van der Waals surface area contributed by atoms with Gasteiger partial charge in [-0.3, -0.25) is 4.98 Å². The molecule has 5 heteroatoms. The zero-order chi connectivity index (χ0) is 15.8. The van der Waals surface area contributed by atoms with E-state index in [9.17, 15) is 4.79 Å². The summed E-state index contributed by atoms with van der Waals surface area (Å²) in [6.07, 6.45) is 2.48. The molecule has 1 heterocycles. The average Bonchev–Trinajstić information content (AvgIpc) is 2.54. The zero-order valence-electron chi connectivity index (χ0n) is 13.0. The lowest BCUT2D eigenvalue weighted by atomic mass is 10.2. The number of hydrogen-bond donors (Lipinski definition) is 2. The van der Waals surface area contributed by atoms with Crippen LogP contribution in [0.3, 0.4) is 0 Å². The molecule has 5 nitrogen and oxygen atoms in total. The lowest BCUT2D eigenvalue weighted by molar-refractivity contribution is 0.240. The van der Waals surface area contributed by atoms with Gasteiger partial charge in [0.05, 0.1) is 0 Å². The Hall–Kier alpha value is -2.56. The summed E-state index contributed by atoms with van der Waals surface area (Å²) in [5, 5.41) is 5.68. The number of rotatable bonds is 6. The molecule has 0 aliphatic rings. The molecule has 2 N–H and O–H groups in total. The van der Waals surface area contributed by atoms with Crippen LogP contribution in [0.5, 0.6) is 0 Å². The number of pyridine rings is 1. The Morgan fingerprint density at radius 3 is 2.50 bits per heavy atom. The third kappa shape index (κ3) is 5.09. The van der Waals surface area contributed by atoms with Crippen molar-refractivity contribution in [1.82, 2.24) is 15.6 Å². The summed E-state index contributed by atoms with van der Waals surface area (Å²) in [7, 11) is 4.00. The van der Waals surface area contributed by atoms with Crippen LogP contribution in [0.4, 0.5) is 10.5 Å². The van der Waals surface area contributed by atoms with E-state index in [1.807, 2.05) is 61.5 Å². The highest BCUT2D eigenvalue weighted by Gasteiger charge is 2.01. The van der Waals surface area contributed by atoms with Gasteiger partial charge in [-0.15, -0.1) is 0 Å². The summed E-state index contributed by atoms with van der Waals surface area (Å²) < 4.78 is 0. The van der Waals surface area contributed by atoms with Crippen LogP contribution < -0.4 is 15.5 Å². The molecule has 116 valence electrons. The van der Waals surface area contributed by atoms with Crippen LogP contribution in [0.1, 0.15) is 11.3 Å². The van der Waals surface area contributed by atoms with E-state index in [2.05, 4.69) is 15.6 Å². The van der Waals surface area contributed by atoms with Gasteiger partial charge in [0.25, 0.3) is 0 Å². The minimum atomic E-state index is -0.160. The van der Waals surface area contributed by atoms with Crippen molar-refractivity contribution in [3.8, 4) is 0 Å². The highest BCUT2D eigenvalue weighted by molar-refractivity contribution is 5.73. The fourth-order valence-corrected chi connectivity index (χ4v) is 2.01. The number of hydrogen-bond acceptors (Lipinski definition) is 3. The van der Waals surface area contributed by atoms with Crippen molar-refractivity contribution in [2.75, 3.05) is 25.5 Å². The van der Waals surface area contributed by atoms with Crippen molar-refractivity contribution in [3.63, 3.8) is 0 Å². The molecule has 0 spiro atoms. The molecule has 22 heavy (non-hydrogen) atoms. The number of benzene rings is 1. The maximum Gasteiger partial charge on any atom is 0.315 e. The van der Waals surface area contributed by atoms with E-state index in [1.54, 1.807) is 6.20 Å². The van der Waals surface area contributed by atoms with Gasteiger partial charge in [-0.25, -0.2) is 4.79 Å². The second-order valence-corrected chi connectivity index (χ2v) is 5.24. The monoisotopic (exact) mass is 298 g/mol. The highest BCUT2D eigenvalue weighted by atomic mass is 16.2. The number of carbonyl (C=O) groups is 1. The van der Waals surface area contributed by atoms with Crippen molar-refractivity contribution >= 4 is 11.7 Å². The van der Waals surface area contributed by atoms with E-state index in [1.165, 1.54) is 0 Å². The molecule has 0 bridgehead atoms. The fraction of sp³-hybridized carbons (Fsp3) is 0.294. The molecule has 0 aliphatic heterocycles. The molecule has 0 saturated heterocycles. The lowest BCUT2D eigenvalue weighted by Crippen LogP contribution is -2.36. The molecule has 2 amide bonds. The number of anilines is 1. The first kappa shape index (κ1) is 15.8. The van der Waals surface area contributed by atoms with Gasteiger partial charge in [0.2, 0.25) is 0 Å². The molecular formula is C17H22N4O. The first-order valence-corrected chi connectivity index (χ1v) is 7.33. The SMILES string of the molecule is CN(C)c1ccc(CNC(=O)NCCc2ccccn2)cc1. The first-order valence-electron chi connectivity index (χ1n) is 7.33. The Bertz CT molecular complexity index is 581. The minimum absolute atomic E-state index is 0.160. The largest absolute Gasteiger partial charge is 0.378 e. The van der Waals surface area contributed by atoms with Crippen molar-refractivity contribution in [3.05, 3.63) is 59.9 Å². The highest BCUT2D eigenvalue weighted by Crippen LogP contribution is 2.11. The van der Waals surface area contributed by atoms with Crippen LogP contribution in [0, 0.1) is 0 Å². The molecule has 0 aliphatic carbocycles. The fourth-order valence-electron chi connectivity index (χ4n) is 2.01. The number of urea groups is 1. The van der Waals surface area contributed by atoms with E-state index < -0.39 is 0 Å². The maximum absolute atomic E-state index is 11.7. The normalized spacial score (nSPS) is 10.1. The lowest BCUT2D eigenvalue weighted by Gasteiger charge is -2.13. The molecular weight excluding hydrogens is 276 g/mol. The quantitative estimate of drug-likeness (QED) is 0.859. The number of carbonyl (C=O) groups excluding carboxylic acids is 1. The predicted molar refractivity (Wildman–Crippen MR) is 88.9 cm³/mol. The summed E-state index contributed by atoms with van der Waals surface area (Å²) in [6, 6.07) is 13.7. The van der Waals surface area contributed by atoms with Gasteiger partial charge in [0.15, 0.2) is 0 Å². The molecule has 0 saturated carbocycles. The molecule has 1 aromatic heterocycles. The van der Waals surface area contributed by atoms with Crippen LogP contribution in [0.25, 0.3) is 0 Å². The third-order valence-corrected chi connectivity index (χ3v) is 3.30. The maximum atomic E-state index is 11.7. The van der Waals surface area contributed by atoms with Crippen LogP contribution in [-0.4, -0.2) is 31.7 Å². The second-order valence-electron chi connectivity index (χ2n) is 5.24. The van der Waals surface area contributed by atoms with Crippen molar-refractivity contribution in [1.29, 1.82) is 0 Å². The number of amides is 2. The summed E-state index contributed by atoms with van der Waals surface area (Å²) in [6.45, 7) is 1.09. The van der Waals surface area contributed by atoms with E-state index in [0.717, 1.165) is 23.4 Å². The van der Waals surface area contributed by atoms with E-state index >= 15 is 0 Å². The third-order valence-electron chi connectivity index (χ3n) is 3.30. The Labute approximate surface area is 131 Å². The Balaban J connectivity index is 1.69. The Kier molecular flexibility index (Phi) is 5.77. The van der Waals surface area contributed by atoms with Crippen LogP contribution in [-0.2, 0) is 13.0 Å². The van der Waals surface area contributed by atoms with Gasteiger partial charge in [0, 0.05) is 51.2 Å². The summed E-state index contributed by atoms with van der Waals surface area (Å²) >= 11 is 0. The minimum Gasteiger partial charge on any atom is -0.378 e. The standard InChI is InChI=1S/C17H22N4O/c1-21(2)16-8-6-14(7-9-16)13-20-17(22)19-12-10-15-5-3-4-11-18-15/h3-9,11H,10,12-13H2,1-2H3,(H2,19,20,22). The summed E-state index contributed by atoms with van der Waals surface area (Å²) in [5.74, 6) is 0. The van der Waals surface area contributed by atoms with Crippen molar-refractivity contribution < 1.29 is 4.79 Å². The molecule has 0 unspecified atom stereocenters. The van der Waals surface area contributed by atoms with Gasteiger partial charge in [-0.2, -0.15) is 0 Å². The van der Waals surface area contributed by atoms with Crippen LogP contribution in [0.15, 0.2) is 48.7 Å². The molecule has 0 radical (unpaired) electrons. The molecule has 2 aromatic rings. The number of aromatic nitrogens is 1. The average molecular weight is 298 g/mol. The first-order chi connectivity index (χ1) is 10.6. The van der Waals surface area contributed by atoms with Gasteiger partial charge in [0.1, 0.15) is 0 Å². The molecule has 0 fully saturated rings. The van der Waals surface area contributed by atoms with Gasteiger partial charge in [-0.05, 0) is 29.8 Å². The molecule has 0 atom stereocenters. The number of nitrogens with one attached hydrogen (secondary N) is 2. The topological polar surface area (TPSA) is 57.3 Å². The van der Waals surface area contributed by atoms with Gasteiger partial charge < -0.3 is 15.5 Å². The van der Waals surface area contributed by atoms with Crippen LogP contribution in [0.2, 0.25) is 0 Å². The predicted octanol–water partition coefficient (Wildman–Crippen LogP) is 2.19. The van der Waals surface area contributed by atoms with Crippen molar-refractivity contribution in [2.24, 2.45) is 0 Å². The summed E-state index contributed by atoms with van der Waals surface area (Å²) in [4.78, 5) is 18.0. The molecule has 2 rings (SSSR count). The smallest absolute Gasteiger partial charge is 0.315 e. The van der Waals surface area contributed by atoms with Gasteiger partial charge >= 0.3 is 6.03 Å². The second kappa shape index (κ2) is 8.02. The number of nitrogens with zero attached hydrogens (tertiary/aromatic N) is 2. The van der Waals surface area contributed by atoms with E-state index in [4.69, 9.17) is 0 Å². The van der Waals surface area contributed by atoms with Crippen molar-refractivity contribution in [2.45, 2.75) is 13.0 Å². The van der Waals surface area contributed by atoms with E-state index in [0.29, 0.717) is 13.1 Å². The Morgan fingerprint density at radius 2 is 1.86 bits per heavy atom. The van der Waals surface area contributed by atoms with E-state index in [-0.39, 0.29) is 6.03 Å². The molecule has 1 aromatic carbocycles. The van der Waals surface area contributed by atoms with Gasteiger partial charge in [-0.1, -0.05) is 18.2 Å².